The summed E-state index contributed by atoms with van der Waals surface area (Å²) in [7, 11) is 0. The number of hydrogen-bond donors (Lipinski definition) is 2. The molecule has 1 aliphatic rings. The van der Waals surface area contributed by atoms with Crippen molar-refractivity contribution in [3.8, 4) is 0 Å². The van der Waals surface area contributed by atoms with Gasteiger partial charge in [-0.2, -0.15) is 0 Å². The van der Waals surface area contributed by atoms with Crippen LogP contribution in [0.2, 0.25) is 0 Å². The average Bonchev–Trinajstić information content (AvgIpc) is 2.50. The summed E-state index contributed by atoms with van der Waals surface area (Å²) in [4.78, 5) is 12.4. The number of fused-ring (bicyclic) bond motifs is 1. The van der Waals surface area contributed by atoms with Gasteiger partial charge in [-0.25, -0.2) is 4.39 Å². The van der Waals surface area contributed by atoms with E-state index < -0.39 is 6.10 Å². The predicted molar refractivity (Wildman–Crippen MR) is 79.6 cm³/mol. The minimum absolute atomic E-state index is 0.213. The molecule has 1 fully saturated rings. The van der Waals surface area contributed by atoms with Crippen molar-refractivity contribution in [2.75, 3.05) is 0 Å². The number of carbonyl (C=O) groups is 1. The Hall–Kier alpha value is -1.94. The zero-order valence-electron chi connectivity index (χ0n) is 11.7. The third kappa shape index (κ3) is 2.76. The summed E-state index contributed by atoms with van der Waals surface area (Å²) in [5.41, 5.74) is 0.449. The monoisotopic (exact) mass is 287 g/mol. The van der Waals surface area contributed by atoms with Crippen LogP contribution in [0.1, 0.15) is 36.0 Å². The maximum Gasteiger partial charge on any atom is 0.252 e. The first-order valence-corrected chi connectivity index (χ1v) is 7.33. The van der Waals surface area contributed by atoms with Crippen LogP contribution in [-0.2, 0) is 0 Å². The number of carbonyl (C=O) groups excluding carboxylic acids is 1. The molecule has 0 spiro atoms. The molecule has 2 aromatic carbocycles. The van der Waals surface area contributed by atoms with Crippen molar-refractivity contribution in [2.24, 2.45) is 0 Å². The van der Waals surface area contributed by atoms with E-state index in [0.717, 1.165) is 25.7 Å². The first-order chi connectivity index (χ1) is 10.2. The van der Waals surface area contributed by atoms with Crippen LogP contribution < -0.4 is 5.32 Å². The van der Waals surface area contributed by atoms with Gasteiger partial charge >= 0.3 is 0 Å². The zero-order chi connectivity index (χ0) is 14.8. The van der Waals surface area contributed by atoms with Crippen LogP contribution in [-0.4, -0.2) is 23.2 Å². The number of rotatable bonds is 2. The molecule has 3 nitrogen and oxygen atoms in total. The van der Waals surface area contributed by atoms with E-state index in [1.807, 2.05) is 0 Å². The van der Waals surface area contributed by atoms with E-state index in [0.29, 0.717) is 16.3 Å². The van der Waals surface area contributed by atoms with Crippen LogP contribution in [0.15, 0.2) is 36.4 Å². The van der Waals surface area contributed by atoms with Crippen LogP contribution in [0.25, 0.3) is 10.8 Å². The van der Waals surface area contributed by atoms with E-state index in [-0.39, 0.29) is 17.8 Å². The summed E-state index contributed by atoms with van der Waals surface area (Å²) in [6.07, 6.45) is 3.01. The lowest BCUT2D eigenvalue weighted by molar-refractivity contribution is 0.0718. The molecule has 21 heavy (non-hydrogen) atoms. The van der Waals surface area contributed by atoms with Crippen molar-refractivity contribution in [1.29, 1.82) is 0 Å². The molecule has 110 valence electrons. The normalized spacial score (nSPS) is 22.2. The minimum Gasteiger partial charge on any atom is -0.391 e. The fourth-order valence-corrected chi connectivity index (χ4v) is 2.99. The van der Waals surface area contributed by atoms with Crippen LogP contribution >= 0.6 is 0 Å². The van der Waals surface area contributed by atoms with Crippen molar-refractivity contribution >= 4 is 16.7 Å². The first-order valence-electron chi connectivity index (χ1n) is 7.33. The standard InChI is InChI=1S/C17H18FNO2/c18-14-10-9-13(11-5-1-2-6-12(11)14)17(21)19-15-7-3-4-8-16(15)20/h1-2,5-6,9-10,15-16,20H,3-4,7-8H2,(H,19,21)/t15-,16-/m1/s1. The van der Waals surface area contributed by atoms with Gasteiger partial charge in [-0.05, 0) is 30.4 Å². The molecule has 1 aliphatic carbocycles. The van der Waals surface area contributed by atoms with Crippen molar-refractivity contribution in [3.63, 3.8) is 0 Å². The molecular formula is C17H18FNO2. The molecule has 1 saturated carbocycles. The van der Waals surface area contributed by atoms with Crippen LogP contribution in [0, 0.1) is 5.82 Å². The lowest BCUT2D eigenvalue weighted by Crippen LogP contribution is -2.45. The topological polar surface area (TPSA) is 49.3 Å². The second-order valence-corrected chi connectivity index (χ2v) is 5.57. The van der Waals surface area contributed by atoms with Crippen LogP contribution in [0.4, 0.5) is 4.39 Å². The number of benzene rings is 2. The van der Waals surface area contributed by atoms with Gasteiger partial charge in [-0.15, -0.1) is 0 Å². The summed E-state index contributed by atoms with van der Waals surface area (Å²) < 4.78 is 13.8. The largest absolute Gasteiger partial charge is 0.391 e. The SMILES string of the molecule is O=C(N[C@@H]1CCCC[C@H]1O)c1ccc(F)c2ccccc12. The van der Waals surface area contributed by atoms with Crippen molar-refractivity contribution in [1.82, 2.24) is 5.32 Å². The number of halogens is 1. The maximum absolute atomic E-state index is 13.8. The molecule has 0 aromatic heterocycles. The van der Waals surface area contributed by atoms with Gasteiger partial charge < -0.3 is 10.4 Å². The van der Waals surface area contributed by atoms with Gasteiger partial charge in [0.15, 0.2) is 0 Å². The van der Waals surface area contributed by atoms with Gasteiger partial charge in [0.25, 0.3) is 5.91 Å². The van der Waals surface area contributed by atoms with Crippen LogP contribution in [0.5, 0.6) is 0 Å². The molecule has 2 aromatic rings. The van der Waals surface area contributed by atoms with Gasteiger partial charge in [0.2, 0.25) is 0 Å². The number of aliphatic hydroxyl groups excluding tert-OH is 1. The lowest BCUT2D eigenvalue weighted by atomic mass is 9.92. The van der Waals surface area contributed by atoms with E-state index in [1.165, 1.54) is 12.1 Å². The Bertz CT molecular complexity index is 671. The van der Waals surface area contributed by atoms with E-state index in [4.69, 9.17) is 0 Å². The quantitative estimate of drug-likeness (QED) is 0.892. The Morgan fingerprint density at radius 1 is 1.10 bits per heavy atom. The summed E-state index contributed by atoms with van der Waals surface area (Å²) in [6.45, 7) is 0. The number of nitrogens with one attached hydrogen (secondary N) is 1. The summed E-state index contributed by atoms with van der Waals surface area (Å²) in [5.74, 6) is -0.586. The molecule has 0 saturated heterocycles. The Morgan fingerprint density at radius 3 is 2.57 bits per heavy atom. The molecule has 2 N–H and O–H groups in total. The smallest absolute Gasteiger partial charge is 0.252 e. The predicted octanol–water partition coefficient (Wildman–Crippen LogP) is 3.01. The fourth-order valence-electron chi connectivity index (χ4n) is 2.99. The molecule has 1 amide bonds. The average molecular weight is 287 g/mol. The second-order valence-electron chi connectivity index (χ2n) is 5.57. The van der Waals surface area contributed by atoms with Crippen LogP contribution in [0.3, 0.4) is 0 Å². The number of hydrogen-bond acceptors (Lipinski definition) is 2. The minimum atomic E-state index is -0.491. The van der Waals surface area contributed by atoms with Crippen molar-refractivity contribution < 1.29 is 14.3 Å². The Labute approximate surface area is 122 Å². The molecule has 3 rings (SSSR count). The second kappa shape index (κ2) is 5.82. The highest BCUT2D eigenvalue weighted by atomic mass is 19.1. The molecule has 0 bridgehead atoms. The highest BCUT2D eigenvalue weighted by molar-refractivity contribution is 6.07. The van der Waals surface area contributed by atoms with E-state index >= 15 is 0 Å². The lowest BCUT2D eigenvalue weighted by Gasteiger charge is -2.28. The molecule has 0 unspecified atom stereocenters. The number of amides is 1. The Morgan fingerprint density at radius 2 is 1.81 bits per heavy atom. The summed E-state index contributed by atoms with van der Waals surface area (Å²) in [6, 6.07) is 9.54. The molecule has 0 aliphatic heterocycles. The zero-order valence-corrected chi connectivity index (χ0v) is 11.7. The summed E-state index contributed by atoms with van der Waals surface area (Å²) >= 11 is 0. The first kappa shape index (κ1) is 14.0. The Kier molecular flexibility index (Phi) is 3.88. The van der Waals surface area contributed by atoms with Gasteiger partial charge in [0.05, 0.1) is 12.1 Å². The Balaban J connectivity index is 1.89. The molecule has 2 atom stereocenters. The van der Waals surface area contributed by atoms with Gasteiger partial charge in [0, 0.05) is 10.9 Å². The number of aliphatic hydroxyl groups is 1. The van der Waals surface area contributed by atoms with Gasteiger partial charge in [-0.1, -0.05) is 37.1 Å². The highest BCUT2D eigenvalue weighted by Crippen LogP contribution is 2.23. The molecule has 0 radical (unpaired) electrons. The maximum atomic E-state index is 13.8. The van der Waals surface area contributed by atoms with Gasteiger partial charge in [0.1, 0.15) is 5.82 Å². The molecule has 0 heterocycles. The van der Waals surface area contributed by atoms with Gasteiger partial charge in [-0.3, -0.25) is 4.79 Å². The van der Waals surface area contributed by atoms with Crippen molar-refractivity contribution in [2.45, 2.75) is 37.8 Å². The third-order valence-electron chi connectivity index (χ3n) is 4.16. The van der Waals surface area contributed by atoms with Crippen molar-refractivity contribution in [3.05, 3.63) is 47.8 Å². The highest BCUT2D eigenvalue weighted by Gasteiger charge is 2.25. The van der Waals surface area contributed by atoms with E-state index in [2.05, 4.69) is 5.32 Å². The molecule has 4 heteroatoms. The van der Waals surface area contributed by atoms with E-state index in [9.17, 15) is 14.3 Å². The summed E-state index contributed by atoms with van der Waals surface area (Å²) in [5, 5.41) is 13.9. The van der Waals surface area contributed by atoms with E-state index in [1.54, 1.807) is 24.3 Å². The molecular weight excluding hydrogens is 269 g/mol. The third-order valence-corrected chi connectivity index (χ3v) is 4.16. The fraction of sp³-hybridized carbons (Fsp3) is 0.353.